The molecule has 1 atom stereocenters. The predicted octanol–water partition coefficient (Wildman–Crippen LogP) is 2.42. The molecule has 2 aromatic carbocycles. The molecule has 1 aliphatic heterocycles. The van der Waals surface area contributed by atoms with Crippen molar-refractivity contribution in [3.63, 3.8) is 0 Å². The number of aromatic nitrogens is 1. The molecule has 1 aromatic heterocycles. The monoisotopic (exact) mass is 579 g/mol. The number of nitrogens with zero attached hydrogens (tertiary/aromatic N) is 2. The van der Waals surface area contributed by atoms with Gasteiger partial charge >= 0.3 is 5.97 Å². The number of rotatable bonds is 11. The van der Waals surface area contributed by atoms with Gasteiger partial charge in [0.05, 0.1) is 35.6 Å². The summed E-state index contributed by atoms with van der Waals surface area (Å²) in [7, 11) is 3.00. The van der Waals surface area contributed by atoms with Gasteiger partial charge in [-0.3, -0.25) is 14.2 Å². The lowest BCUT2D eigenvalue weighted by Gasteiger charge is -2.25. The van der Waals surface area contributed by atoms with Crippen molar-refractivity contribution in [3.8, 4) is 11.5 Å². The Morgan fingerprint density at radius 2 is 1.85 bits per heavy atom. The number of esters is 1. The highest BCUT2D eigenvalue weighted by molar-refractivity contribution is 7.07. The average Bonchev–Trinajstić information content (AvgIpc) is 3.25. The molecular weight excluding hydrogens is 546 g/mol. The van der Waals surface area contributed by atoms with E-state index in [-0.39, 0.29) is 36.7 Å². The Bertz CT molecular complexity index is 1650. The first-order valence-electron chi connectivity index (χ1n) is 13.0. The van der Waals surface area contributed by atoms with E-state index in [2.05, 4.69) is 18.8 Å². The fraction of sp³-hybridized carbons (Fsp3) is 0.333. The van der Waals surface area contributed by atoms with Crippen molar-refractivity contribution in [2.75, 3.05) is 34.0 Å². The van der Waals surface area contributed by atoms with Crippen LogP contribution in [0.4, 0.5) is 0 Å². The van der Waals surface area contributed by atoms with Gasteiger partial charge in [0, 0.05) is 12.7 Å². The number of primary amides is 1. The normalized spacial score (nSPS) is 15.0. The van der Waals surface area contributed by atoms with Gasteiger partial charge in [-0.15, -0.1) is 0 Å². The number of thiazole rings is 1. The Morgan fingerprint density at radius 1 is 1.12 bits per heavy atom. The van der Waals surface area contributed by atoms with Gasteiger partial charge in [0.2, 0.25) is 0 Å². The van der Waals surface area contributed by atoms with Gasteiger partial charge in [0.1, 0.15) is 6.61 Å². The summed E-state index contributed by atoms with van der Waals surface area (Å²) in [5.74, 6) is -0.238. The Balaban J connectivity index is 1.89. The van der Waals surface area contributed by atoms with Crippen molar-refractivity contribution in [1.82, 2.24) is 4.57 Å². The smallest absolute Gasteiger partial charge is 0.338 e. The highest BCUT2D eigenvalue weighted by atomic mass is 32.1. The minimum absolute atomic E-state index is 0.0689. The van der Waals surface area contributed by atoms with E-state index in [9.17, 15) is 14.4 Å². The van der Waals surface area contributed by atoms with Crippen LogP contribution in [0.25, 0.3) is 6.08 Å². The molecule has 0 radical (unpaired) electrons. The molecule has 1 amide bonds. The third-order valence-corrected chi connectivity index (χ3v) is 7.54. The molecule has 3 aromatic rings. The van der Waals surface area contributed by atoms with E-state index < -0.39 is 17.9 Å². The molecule has 11 heteroatoms. The Labute approximate surface area is 241 Å². The number of hydrogen-bond donors (Lipinski definition) is 1. The maximum absolute atomic E-state index is 14.0. The maximum atomic E-state index is 14.0. The summed E-state index contributed by atoms with van der Waals surface area (Å²) >= 11 is 1.18. The summed E-state index contributed by atoms with van der Waals surface area (Å²) < 4.78 is 23.4. The number of carbonyl (C=O) groups excluding carboxylic acids is 2. The van der Waals surface area contributed by atoms with Crippen molar-refractivity contribution < 1.29 is 28.5 Å². The highest BCUT2D eigenvalue weighted by Crippen LogP contribution is 2.33. The molecule has 4 rings (SSSR count). The SMILES string of the molecule is COCCOC(=O)C1=C(C)N=c2sc(=Cc3cccc(OC)c3OCC(N)=O)c(=O)n2C1c1ccc(C(C)C)cc1. The van der Waals surface area contributed by atoms with Gasteiger partial charge < -0.3 is 24.7 Å². The number of amides is 1. The van der Waals surface area contributed by atoms with E-state index >= 15 is 0 Å². The summed E-state index contributed by atoms with van der Waals surface area (Å²) in [6.07, 6.45) is 1.65. The fourth-order valence-corrected chi connectivity index (χ4v) is 5.54. The molecule has 0 saturated carbocycles. The van der Waals surface area contributed by atoms with Crippen LogP contribution in [0.2, 0.25) is 0 Å². The third kappa shape index (κ3) is 6.41. The van der Waals surface area contributed by atoms with Crippen molar-refractivity contribution in [1.29, 1.82) is 0 Å². The molecule has 216 valence electrons. The van der Waals surface area contributed by atoms with Crippen LogP contribution in [0.1, 0.15) is 49.4 Å². The first kappa shape index (κ1) is 29.8. The number of nitrogens with two attached hydrogens (primary N) is 1. The van der Waals surface area contributed by atoms with Crippen molar-refractivity contribution >= 4 is 29.3 Å². The Morgan fingerprint density at radius 3 is 2.49 bits per heavy atom. The van der Waals surface area contributed by atoms with E-state index in [4.69, 9.17) is 24.7 Å². The number of benzene rings is 2. The second-order valence-corrected chi connectivity index (χ2v) is 10.7. The quantitative estimate of drug-likeness (QED) is 0.273. The highest BCUT2D eigenvalue weighted by Gasteiger charge is 2.33. The standard InChI is InChI=1S/C30H33N3O7S/c1-17(2)19-9-11-20(12-10-19)26-25(29(36)39-14-13-37-4)18(3)32-30-33(26)28(35)23(41-30)15-21-7-6-8-22(38-5)27(21)40-16-24(31)34/h6-12,15,17,26H,13-14,16H2,1-5H3,(H2,31,34). The predicted molar refractivity (Wildman–Crippen MR) is 155 cm³/mol. The molecule has 2 N–H and O–H groups in total. The van der Waals surface area contributed by atoms with Crippen LogP contribution < -0.4 is 30.1 Å². The molecule has 2 heterocycles. The van der Waals surface area contributed by atoms with Crippen LogP contribution in [0.15, 0.2) is 63.5 Å². The molecule has 1 unspecified atom stereocenters. The Kier molecular flexibility index (Phi) is 9.41. The van der Waals surface area contributed by atoms with Gasteiger partial charge in [-0.05, 0) is 36.1 Å². The second-order valence-electron chi connectivity index (χ2n) is 9.67. The lowest BCUT2D eigenvalue weighted by Crippen LogP contribution is -2.40. The lowest BCUT2D eigenvalue weighted by atomic mass is 9.93. The van der Waals surface area contributed by atoms with Gasteiger partial charge in [-0.25, -0.2) is 9.79 Å². The van der Waals surface area contributed by atoms with E-state index in [0.29, 0.717) is 32.3 Å². The third-order valence-electron chi connectivity index (χ3n) is 6.56. The van der Waals surface area contributed by atoms with E-state index in [1.807, 2.05) is 24.3 Å². The minimum atomic E-state index is -0.749. The first-order valence-corrected chi connectivity index (χ1v) is 13.8. The van der Waals surface area contributed by atoms with E-state index in [0.717, 1.165) is 11.1 Å². The summed E-state index contributed by atoms with van der Waals surface area (Å²) in [5, 5.41) is 0. The topological polar surface area (TPSA) is 131 Å². The molecule has 0 saturated heterocycles. The maximum Gasteiger partial charge on any atom is 0.338 e. The molecule has 10 nitrogen and oxygen atoms in total. The Hall–Kier alpha value is -4.22. The number of allylic oxidation sites excluding steroid dienone is 1. The number of ether oxygens (including phenoxy) is 4. The number of fused-ring (bicyclic) bond motifs is 1. The van der Waals surface area contributed by atoms with Crippen LogP contribution in [0.3, 0.4) is 0 Å². The van der Waals surface area contributed by atoms with Gasteiger partial charge in [-0.1, -0.05) is 61.6 Å². The van der Waals surface area contributed by atoms with Gasteiger partial charge in [0.15, 0.2) is 22.9 Å². The zero-order valence-corrected chi connectivity index (χ0v) is 24.4. The van der Waals surface area contributed by atoms with Crippen LogP contribution in [-0.4, -0.2) is 50.5 Å². The molecule has 1 aliphatic rings. The molecule has 0 fully saturated rings. The van der Waals surface area contributed by atoms with Crippen LogP contribution >= 0.6 is 11.3 Å². The van der Waals surface area contributed by atoms with Crippen LogP contribution in [0.5, 0.6) is 11.5 Å². The van der Waals surface area contributed by atoms with Crippen molar-refractivity contribution in [3.05, 3.63) is 90.1 Å². The number of carbonyl (C=O) groups is 2. The second kappa shape index (κ2) is 13.0. The average molecular weight is 580 g/mol. The van der Waals surface area contributed by atoms with Crippen molar-refractivity contribution in [2.24, 2.45) is 10.7 Å². The zero-order valence-electron chi connectivity index (χ0n) is 23.6. The zero-order chi connectivity index (χ0) is 29.7. The summed E-state index contributed by atoms with van der Waals surface area (Å²) in [4.78, 5) is 43.8. The summed E-state index contributed by atoms with van der Waals surface area (Å²) in [6, 6.07) is 12.3. The largest absolute Gasteiger partial charge is 0.493 e. The van der Waals surface area contributed by atoms with E-state index in [1.54, 1.807) is 31.2 Å². The fourth-order valence-electron chi connectivity index (χ4n) is 4.50. The van der Waals surface area contributed by atoms with Crippen LogP contribution in [0, 0.1) is 0 Å². The summed E-state index contributed by atoms with van der Waals surface area (Å²) in [5.41, 5.74) is 8.08. The van der Waals surface area contributed by atoms with Gasteiger partial charge in [-0.2, -0.15) is 0 Å². The molecule has 0 bridgehead atoms. The summed E-state index contributed by atoms with van der Waals surface area (Å²) in [6.45, 7) is 5.88. The number of methoxy groups -OCH3 is 2. The lowest BCUT2D eigenvalue weighted by molar-refractivity contribution is -0.140. The molecule has 41 heavy (non-hydrogen) atoms. The van der Waals surface area contributed by atoms with Crippen molar-refractivity contribution in [2.45, 2.75) is 32.7 Å². The minimum Gasteiger partial charge on any atom is -0.493 e. The van der Waals surface area contributed by atoms with Gasteiger partial charge in [0.25, 0.3) is 11.5 Å². The molecule has 0 spiro atoms. The first-order chi connectivity index (χ1) is 19.7. The van der Waals surface area contributed by atoms with Crippen LogP contribution in [-0.2, 0) is 19.1 Å². The molecular formula is C30H33N3O7S. The molecule has 0 aliphatic carbocycles. The van der Waals surface area contributed by atoms with E-state index in [1.165, 1.54) is 30.1 Å². The number of para-hydroxylation sites is 1. The number of hydrogen-bond acceptors (Lipinski definition) is 9.